The summed E-state index contributed by atoms with van der Waals surface area (Å²) < 4.78 is 17.3. The highest BCUT2D eigenvalue weighted by Crippen LogP contribution is 2.26. The van der Waals surface area contributed by atoms with Crippen molar-refractivity contribution in [3.8, 4) is 0 Å². The van der Waals surface area contributed by atoms with Gasteiger partial charge in [0.15, 0.2) is 5.78 Å². The largest absolute Gasteiger partial charge is 0.300 e. The molecular weight excluding hydrogens is 420 g/mol. The van der Waals surface area contributed by atoms with Crippen LogP contribution in [0.25, 0.3) is 0 Å². The quantitative estimate of drug-likeness (QED) is 0.455. The van der Waals surface area contributed by atoms with Crippen molar-refractivity contribution >= 4 is 34.1 Å². The van der Waals surface area contributed by atoms with Crippen LogP contribution in [0.1, 0.15) is 42.3 Å². The van der Waals surface area contributed by atoms with Gasteiger partial charge in [-0.15, -0.1) is 0 Å². The van der Waals surface area contributed by atoms with E-state index in [1.807, 2.05) is 24.3 Å². The Morgan fingerprint density at radius 1 is 1.03 bits per heavy atom. The number of nitrogens with zero attached hydrogens (tertiary/aromatic N) is 1. The fourth-order valence-electron chi connectivity index (χ4n) is 2.87. The summed E-state index contributed by atoms with van der Waals surface area (Å²) in [4.78, 5) is 18.7. The first kappa shape index (κ1) is 22.0. The third kappa shape index (κ3) is 5.07. The molecule has 3 rings (SSSR count). The second-order valence-electron chi connectivity index (χ2n) is 7.79. The van der Waals surface area contributed by atoms with Gasteiger partial charge >= 0.3 is 0 Å². The maximum absolute atomic E-state index is 13.0. The minimum absolute atomic E-state index is 0.0138. The van der Waals surface area contributed by atoms with Crippen molar-refractivity contribution in [3.05, 3.63) is 88.7 Å². The smallest absolute Gasteiger partial charge is 0.223 e. The summed E-state index contributed by atoms with van der Waals surface area (Å²) in [6.45, 7) is 6.38. The fourth-order valence-corrected chi connectivity index (χ4v) is 3.92. The molecule has 0 amide bonds. The Kier molecular flexibility index (Phi) is 6.58. The van der Waals surface area contributed by atoms with Crippen LogP contribution in [0.15, 0.2) is 71.9 Å². The van der Waals surface area contributed by atoms with E-state index in [1.165, 1.54) is 11.8 Å². The number of nitrogens with one attached hydrogen (secondary N) is 1. The SMILES string of the molecule is CO[n+]1ccc(C(=O)c2cc(Cl)ccc2NS(=O)c2ccc(C(C)(C)C)cc2)cc1. The van der Waals surface area contributed by atoms with Crippen molar-refractivity contribution in [2.75, 3.05) is 11.8 Å². The lowest BCUT2D eigenvalue weighted by Crippen LogP contribution is -2.39. The standard InChI is InChI=1S/C23H23ClN2O3S/c1-23(2,3)17-5-8-19(9-6-17)30(28)25-21-10-7-18(24)15-20(21)22(27)16-11-13-26(29-4)14-12-16/h5-15H,1-4H3/p+1. The fraction of sp³-hybridized carbons (Fsp3) is 0.217. The molecule has 0 saturated carbocycles. The van der Waals surface area contributed by atoms with Crippen LogP contribution >= 0.6 is 11.6 Å². The number of pyridine rings is 1. The van der Waals surface area contributed by atoms with Gasteiger partial charge in [0.2, 0.25) is 12.4 Å². The number of hydrogen-bond acceptors (Lipinski definition) is 3. The minimum atomic E-state index is -1.53. The molecule has 156 valence electrons. The third-order valence-electron chi connectivity index (χ3n) is 4.64. The molecule has 1 unspecified atom stereocenters. The normalized spacial score (nSPS) is 12.3. The number of carbonyl (C=O) groups excluding carboxylic acids is 1. The zero-order valence-corrected chi connectivity index (χ0v) is 18.9. The van der Waals surface area contributed by atoms with E-state index in [2.05, 4.69) is 25.5 Å². The molecule has 1 aromatic heterocycles. The van der Waals surface area contributed by atoms with Crippen LogP contribution < -0.4 is 14.3 Å². The highest BCUT2D eigenvalue weighted by atomic mass is 35.5. The Hall–Kier alpha value is -2.70. The predicted molar refractivity (Wildman–Crippen MR) is 119 cm³/mol. The van der Waals surface area contributed by atoms with Crippen molar-refractivity contribution in [3.63, 3.8) is 0 Å². The van der Waals surface area contributed by atoms with Crippen LogP contribution in [0.4, 0.5) is 5.69 Å². The van der Waals surface area contributed by atoms with Crippen LogP contribution in [0.2, 0.25) is 5.02 Å². The van der Waals surface area contributed by atoms with Gasteiger partial charge in [-0.1, -0.05) is 44.5 Å². The summed E-state index contributed by atoms with van der Waals surface area (Å²) in [5.74, 6) is -0.233. The van der Waals surface area contributed by atoms with Crippen LogP contribution in [0.3, 0.4) is 0 Å². The molecule has 0 spiro atoms. The highest BCUT2D eigenvalue weighted by Gasteiger charge is 2.18. The minimum Gasteiger partial charge on any atom is -0.300 e. The van der Waals surface area contributed by atoms with Crippen molar-refractivity contribution in [1.82, 2.24) is 0 Å². The van der Waals surface area contributed by atoms with Gasteiger partial charge in [0.05, 0.1) is 10.6 Å². The van der Waals surface area contributed by atoms with Gasteiger partial charge < -0.3 is 4.72 Å². The number of benzene rings is 2. The molecule has 0 fully saturated rings. The zero-order chi connectivity index (χ0) is 21.9. The van der Waals surface area contributed by atoms with Gasteiger partial charge in [-0.25, -0.2) is 4.21 Å². The van der Waals surface area contributed by atoms with Gasteiger partial charge in [-0.2, -0.15) is 0 Å². The van der Waals surface area contributed by atoms with E-state index in [-0.39, 0.29) is 11.2 Å². The molecule has 0 aliphatic heterocycles. The summed E-state index contributed by atoms with van der Waals surface area (Å²) in [5.41, 5.74) is 2.43. The monoisotopic (exact) mass is 443 g/mol. The Morgan fingerprint density at radius 3 is 2.23 bits per heavy atom. The number of ketones is 1. The molecule has 0 bridgehead atoms. The van der Waals surface area contributed by atoms with E-state index in [4.69, 9.17) is 16.4 Å². The molecule has 2 aromatic carbocycles. The van der Waals surface area contributed by atoms with E-state index < -0.39 is 11.0 Å². The molecule has 0 radical (unpaired) electrons. The first-order chi connectivity index (χ1) is 14.2. The lowest BCUT2D eigenvalue weighted by Gasteiger charge is -2.19. The van der Waals surface area contributed by atoms with Crippen LogP contribution in [0.5, 0.6) is 0 Å². The predicted octanol–water partition coefficient (Wildman–Crippen LogP) is 4.35. The number of anilines is 1. The Labute approximate surface area is 184 Å². The first-order valence-electron chi connectivity index (χ1n) is 9.38. The van der Waals surface area contributed by atoms with Gasteiger partial charge in [0, 0.05) is 33.0 Å². The maximum Gasteiger partial charge on any atom is 0.223 e. The van der Waals surface area contributed by atoms with Crippen LogP contribution in [0, 0.1) is 0 Å². The molecule has 1 atom stereocenters. The Balaban J connectivity index is 1.87. The third-order valence-corrected chi connectivity index (χ3v) is 5.98. The zero-order valence-electron chi connectivity index (χ0n) is 17.3. The first-order valence-corrected chi connectivity index (χ1v) is 10.9. The van der Waals surface area contributed by atoms with Crippen LogP contribution in [-0.2, 0) is 16.4 Å². The number of carbonyl (C=O) groups is 1. The molecular formula is C23H24ClN2O3S+. The summed E-state index contributed by atoms with van der Waals surface area (Å²) in [6, 6.07) is 15.8. The Bertz CT molecular complexity index is 1080. The van der Waals surface area contributed by atoms with Crippen molar-refractivity contribution in [1.29, 1.82) is 0 Å². The van der Waals surface area contributed by atoms with E-state index in [9.17, 15) is 9.00 Å². The lowest BCUT2D eigenvalue weighted by molar-refractivity contribution is -0.885. The molecule has 5 nitrogen and oxygen atoms in total. The van der Waals surface area contributed by atoms with E-state index in [0.29, 0.717) is 26.7 Å². The van der Waals surface area contributed by atoms with Gasteiger partial charge in [-0.3, -0.25) is 9.63 Å². The molecule has 0 saturated heterocycles. The molecule has 7 heteroatoms. The van der Waals surface area contributed by atoms with E-state index in [1.54, 1.807) is 42.7 Å². The van der Waals surface area contributed by atoms with E-state index >= 15 is 0 Å². The summed E-state index contributed by atoms with van der Waals surface area (Å²) >= 11 is 6.13. The highest BCUT2D eigenvalue weighted by molar-refractivity contribution is 7.86. The molecule has 0 aliphatic rings. The second-order valence-corrected chi connectivity index (χ2v) is 9.44. The van der Waals surface area contributed by atoms with E-state index in [0.717, 1.165) is 5.56 Å². The van der Waals surface area contributed by atoms with Gasteiger partial charge in [-0.05, 0) is 41.3 Å². The maximum atomic E-state index is 13.0. The number of hydrogen-bond donors (Lipinski definition) is 1. The topological polar surface area (TPSA) is 59.3 Å². The van der Waals surface area contributed by atoms with Gasteiger partial charge in [0.25, 0.3) is 0 Å². The summed E-state index contributed by atoms with van der Waals surface area (Å²) in [5, 5.41) is 0.423. The second kappa shape index (κ2) is 8.98. The molecule has 1 heterocycles. The molecule has 0 aliphatic carbocycles. The number of rotatable bonds is 6. The Morgan fingerprint density at radius 2 is 1.67 bits per heavy atom. The average molecular weight is 444 g/mol. The van der Waals surface area contributed by atoms with Crippen molar-refractivity contribution in [2.45, 2.75) is 31.1 Å². The van der Waals surface area contributed by atoms with Crippen molar-refractivity contribution < 1.29 is 18.6 Å². The van der Waals surface area contributed by atoms with Gasteiger partial charge in [0.1, 0.15) is 18.1 Å². The summed E-state index contributed by atoms with van der Waals surface area (Å²) in [7, 11) is -0.00220. The summed E-state index contributed by atoms with van der Waals surface area (Å²) in [6.07, 6.45) is 3.28. The molecule has 30 heavy (non-hydrogen) atoms. The van der Waals surface area contributed by atoms with Crippen molar-refractivity contribution in [2.24, 2.45) is 0 Å². The van der Waals surface area contributed by atoms with Crippen LogP contribution in [-0.4, -0.2) is 17.1 Å². The molecule has 3 aromatic rings. The molecule has 1 N–H and O–H groups in total. The average Bonchev–Trinajstić information content (AvgIpc) is 2.74. The number of aromatic nitrogens is 1. The number of halogens is 1. The lowest BCUT2D eigenvalue weighted by atomic mass is 9.87.